The zero-order valence-corrected chi connectivity index (χ0v) is 10.5. The van der Waals surface area contributed by atoms with Crippen LogP contribution in [0.25, 0.3) is 0 Å². The lowest BCUT2D eigenvalue weighted by Crippen LogP contribution is -2.49. The molecule has 0 aromatic carbocycles. The number of hydrogen-bond acceptors (Lipinski definition) is 3. The van der Waals surface area contributed by atoms with E-state index in [2.05, 4.69) is 17.1 Å². The van der Waals surface area contributed by atoms with Crippen molar-refractivity contribution in [3.05, 3.63) is 0 Å². The summed E-state index contributed by atoms with van der Waals surface area (Å²) >= 11 is 0. The summed E-state index contributed by atoms with van der Waals surface area (Å²) in [5, 5.41) is 3.06. The monoisotopic (exact) mass is 227 g/mol. The molecule has 1 atom stereocenters. The van der Waals surface area contributed by atoms with Gasteiger partial charge in [-0.15, -0.1) is 0 Å². The fourth-order valence-electron chi connectivity index (χ4n) is 2.14. The van der Waals surface area contributed by atoms with Gasteiger partial charge < -0.3 is 16.0 Å². The molecule has 4 heteroatoms. The number of amides is 1. The highest BCUT2D eigenvalue weighted by Gasteiger charge is 2.21. The quantitative estimate of drug-likeness (QED) is 0.727. The lowest BCUT2D eigenvalue weighted by Gasteiger charge is -2.31. The second-order valence-corrected chi connectivity index (χ2v) is 4.61. The summed E-state index contributed by atoms with van der Waals surface area (Å²) in [5.41, 5.74) is 5.78. The van der Waals surface area contributed by atoms with Gasteiger partial charge in [0.25, 0.3) is 0 Å². The molecule has 3 N–H and O–H groups in total. The highest BCUT2D eigenvalue weighted by Crippen LogP contribution is 2.10. The molecule has 94 valence electrons. The lowest BCUT2D eigenvalue weighted by molar-refractivity contribution is -0.123. The number of nitrogens with one attached hydrogen (secondary N) is 1. The van der Waals surface area contributed by atoms with Crippen LogP contribution in [0.5, 0.6) is 0 Å². The van der Waals surface area contributed by atoms with Gasteiger partial charge in [-0.25, -0.2) is 0 Å². The standard InChI is InChI=1S/C12H25N3O/c1-3-5-11(13)12(16)14-10-6-8-15(4-2)9-7-10/h10-11H,3-9,13H2,1-2H3,(H,14,16)/t11-/m1/s1. The molecule has 1 saturated heterocycles. The number of nitrogens with two attached hydrogens (primary N) is 1. The Morgan fingerprint density at radius 3 is 2.56 bits per heavy atom. The van der Waals surface area contributed by atoms with Crippen LogP contribution in [0.3, 0.4) is 0 Å². The molecule has 0 aromatic rings. The van der Waals surface area contributed by atoms with Gasteiger partial charge in [-0.05, 0) is 25.8 Å². The molecule has 1 amide bonds. The third-order valence-corrected chi connectivity index (χ3v) is 3.32. The van der Waals surface area contributed by atoms with E-state index in [1.54, 1.807) is 0 Å². The van der Waals surface area contributed by atoms with Crippen LogP contribution < -0.4 is 11.1 Å². The van der Waals surface area contributed by atoms with Gasteiger partial charge in [0.2, 0.25) is 5.91 Å². The molecular formula is C12H25N3O. The van der Waals surface area contributed by atoms with Crippen LogP contribution in [0.1, 0.15) is 39.5 Å². The summed E-state index contributed by atoms with van der Waals surface area (Å²) in [6.07, 6.45) is 3.85. The molecule has 1 heterocycles. The second kappa shape index (κ2) is 6.86. The average molecular weight is 227 g/mol. The Morgan fingerprint density at radius 1 is 1.44 bits per heavy atom. The van der Waals surface area contributed by atoms with Crippen LogP contribution in [0.4, 0.5) is 0 Å². The number of piperidine rings is 1. The Labute approximate surface area is 98.6 Å². The smallest absolute Gasteiger partial charge is 0.237 e. The largest absolute Gasteiger partial charge is 0.352 e. The van der Waals surface area contributed by atoms with Crippen LogP contribution >= 0.6 is 0 Å². The van der Waals surface area contributed by atoms with Crippen molar-refractivity contribution in [2.75, 3.05) is 19.6 Å². The molecule has 16 heavy (non-hydrogen) atoms. The van der Waals surface area contributed by atoms with E-state index in [9.17, 15) is 4.79 Å². The predicted molar refractivity (Wildman–Crippen MR) is 66.2 cm³/mol. The van der Waals surface area contributed by atoms with Gasteiger partial charge in [-0.1, -0.05) is 20.3 Å². The number of carbonyl (C=O) groups is 1. The summed E-state index contributed by atoms with van der Waals surface area (Å²) < 4.78 is 0. The van der Waals surface area contributed by atoms with Gasteiger partial charge >= 0.3 is 0 Å². The molecule has 1 aliphatic rings. The zero-order chi connectivity index (χ0) is 12.0. The first-order chi connectivity index (χ1) is 7.67. The van der Waals surface area contributed by atoms with Gasteiger partial charge in [-0.3, -0.25) is 4.79 Å². The highest BCUT2D eigenvalue weighted by molar-refractivity contribution is 5.81. The van der Waals surface area contributed by atoms with E-state index in [1.165, 1.54) is 0 Å². The van der Waals surface area contributed by atoms with E-state index in [0.717, 1.165) is 45.3 Å². The maximum Gasteiger partial charge on any atom is 0.237 e. The average Bonchev–Trinajstić information content (AvgIpc) is 2.30. The van der Waals surface area contributed by atoms with Crippen molar-refractivity contribution in [1.82, 2.24) is 10.2 Å². The maximum atomic E-state index is 11.7. The topological polar surface area (TPSA) is 58.4 Å². The van der Waals surface area contributed by atoms with E-state index in [-0.39, 0.29) is 11.9 Å². The Balaban J connectivity index is 2.25. The number of hydrogen-bond donors (Lipinski definition) is 2. The summed E-state index contributed by atoms with van der Waals surface area (Å²) in [4.78, 5) is 14.1. The van der Waals surface area contributed by atoms with Crippen LogP contribution in [0.2, 0.25) is 0 Å². The Bertz CT molecular complexity index is 212. The van der Waals surface area contributed by atoms with Gasteiger partial charge in [0.05, 0.1) is 6.04 Å². The van der Waals surface area contributed by atoms with Crippen molar-refractivity contribution in [1.29, 1.82) is 0 Å². The fraction of sp³-hybridized carbons (Fsp3) is 0.917. The highest BCUT2D eigenvalue weighted by atomic mass is 16.2. The molecule has 1 aliphatic heterocycles. The minimum absolute atomic E-state index is 0.0248. The van der Waals surface area contributed by atoms with Gasteiger partial charge in [0.15, 0.2) is 0 Å². The van der Waals surface area contributed by atoms with E-state index < -0.39 is 0 Å². The van der Waals surface area contributed by atoms with Crippen molar-refractivity contribution in [3.63, 3.8) is 0 Å². The van der Waals surface area contributed by atoms with Crippen molar-refractivity contribution in [2.45, 2.75) is 51.6 Å². The molecule has 0 bridgehead atoms. The molecule has 0 unspecified atom stereocenters. The van der Waals surface area contributed by atoms with Crippen molar-refractivity contribution < 1.29 is 4.79 Å². The number of nitrogens with zero attached hydrogens (tertiary/aromatic N) is 1. The fourth-order valence-corrected chi connectivity index (χ4v) is 2.14. The summed E-state index contributed by atoms with van der Waals surface area (Å²) in [6, 6.07) is 0.00686. The summed E-state index contributed by atoms with van der Waals surface area (Å²) in [5.74, 6) is 0.0248. The Kier molecular flexibility index (Phi) is 5.77. The summed E-state index contributed by atoms with van der Waals surface area (Å²) in [6.45, 7) is 7.51. The minimum atomic E-state index is -0.325. The predicted octanol–water partition coefficient (Wildman–Crippen LogP) is 0.714. The molecule has 0 aromatic heterocycles. The molecule has 0 radical (unpaired) electrons. The molecule has 0 spiro atoms. The van der Waals surface area contributed by atoms with Gasteiger partial charge in [0.1, 0.15) is 0 Å². The van der Waals surface area contributed by atoms with Crippen LogP contribution in [-0.2, 0) is 4.79 Å². The van der Waals surface area contributed by atoms with Gasteiger partial charge in [-0.2, -0.15) is 0 Å². The Hall–Kier alpha value is -0.610. The Morgan fingerprint density at radius 2 is 2.06 bits per heavy atom. The van der Waals surface area contributed by atoms with Crippen LogP contribution in [0, 0.1) is 0 Å². The molecule has 0 aliphatic carbocycles. The lowest BCUT2D eigenvalue weighted by atomic mass is 10.0. The number of rotatable bonds is 5. The second-order valence-electron chi connectivity index (χ2n) is 4.61. The van der Waals surface area contributed by atoms with E-state index >= 15 is 0 Å². The zero-order valence-electron chi connectivity index (χ0n) is 10.5. The third-order valence-electron chi connectivity index (χ3n) is 3.32. The first-order valence-electron chi connectivity index (χ1n) is 6.45. The maximum absolute atomic E-state index is 11.7. The molecule has 1 fully saturated rings. The third kappa shape index (κ3) is 4.10. The van der Waals surface area contributed by atoms with Crippen LogP contribution in [0.15, 0.2) is 0 Å². The SMILES string of the molecule is CCC[C@@H](N)C(=O)NC1CCN(CC)CC1. The van der Waals surface area contributed by atoms with Crippen molar-refractivity contribution in [3.8, 4) is 0 Å². The van der Waals surface area contributed by atoms with Crippen molar-refractivity contribution in [2.24, 2.45) is 5.73 Å². The van der Waals surface area contributed by atoms with E-state index in [1.807, 2.05) is 6.92 Å². The molecule has 4 nitrogen and oxygen atoms in total. The first-order valence-corrected chi connectivity index (χ1v) is 6.45. The molecule has 0 saturated carbocycles. The van der Waals surface area contributed by atoms with Crippen molar-refractivity contribution >= 4 is 5.91 Å². The minimum Gasteiger partial charge on any atom is -0.352 e. The normalized spacial score (nSPS) is 20.7. The summed E-state index contributed by atoms with van der Waals surface area (Å²) in [7, 11) is 0. The van der Waals surface area contributed by atoms with E-state index in [4.69, 9.17) is 5.73 Å². The number of likely N-dealkylation sites (tertiary alicyclic amines) is 1. The number of carbonyl (C=O) groups excluding carboxylic acids is 1. The molecular weight excluding hydrogens is 202 g/mol. The molecule has 1 rings (SSSR count). The first kappa shape index (κ1) is 13.5. The van der Waals surface area contributed by atoms with Gasteiger partial charge in [0, 0.05) is 19.1 Å². The van der Waals surface area contributed by atoms with E-state index in [0.29, 0.717) is 6.04 Å². The van der Waals surface area contributed by atoms with Crippen LogP contribution in [-0.4, -0.2) is 42.5 Å².